The van der Waals surface area contributed by atoms with Crippen LogP contribution >= 0.6 is 11.3 Å². The molecule has 0 unspecified atom stereocenters. The third-order valence-corrected chi connectivity index (χ3v) is 6.85. The number of thiazole rings is 1. The number of pyridine rings is 2. The molecule has 3 heterocycles. The normalized spacial score (nSPS) is 10.8. The van der Waals surface area contributed by atoms with E-state index in [1.807, 2.05) is 6.92 Å². The second-order valence-corrected chi connectivity index (χ2v) is 9.57. The highest BCUT2D eigenvalue weighted by Crippen LogP contribution is 2.28. The highest BCUT2D eigenvalue weighted by molar-refractivity contribution is 7.16. The molecule has 3 amide bonds. The zero-order valence-corrected chi connectivity index (χ0v) is 22.5. The molecule has 0 saturated carbocycles. The summed E-state index contributed by atoms with van der Waals surface area (Å²) in [5.41, 5.74) is 1.50. The van der Waals surface area contributed by atoms with Crippen LogP contribution in [0.3, 0.4) is 0 Å². The van der Waals surface area contributed by atoms with Crippen molar-refractivity contribution < 1.29 is 23.1 Å². The van der Waals surface area contributed by atoms with Crippen molar-refractivity contribution in [2.24, 2.45) is 0 Å². The number of ether oxygens (including phenoxy) is 1. The number of nitrogens with zero attached hydrogens (tertiary/aromatic N) is 4. The number of benzene rings is 2. The number of halogens is 2. The first kappa shape index (κ1) is 27.4. The Morgan fingerprint density at radius 2 is 1.80 bits per heavy atom. The molecule has 0 spiro atoms. The molecule has 41 heavy (non-hydrogen) atoms. The lowest BCUT2D eigenvalue weighted by molar-refractivity contribution is 0.102. The molecule has 13 heteroatoms. The predicted molar refractivity (Wildman–Crippen MR) is 151 cm³/mol. The number of aromatic nitrogens is 3. The number of hydrogen-bond donors (Lipinski definition) is 2. The quantitative estimate of drug-likeness (QED) is 0.259. The average Bonchev–Trinajstić information content (AvgIpc) is 3.43. The summed E-state index contributed by atoms with van der Waals surface area (Å²) in [6.07, 6.45) is 1.40. The summed E-state index contributed by atoms with van der Waals surface area (Å²) in [7, 11) is 1.63. The van der Waals surface area contributed by atoms with Gasteiger partial charge < -0.3 is 15.0 Å². The number of fused-ring (bicyclic) bond motifs is 1. The summed E-state index contributed by atoms with van der Waals surface area (Å²) < 4.78 is 35.3. The summed E-state index contributed by atoms with van der Waals surface area (Å²) in [4.78, 5) is 48.7. The Labute approximate surface area is 235 Å². The first-order valence-corrected chi connectivity index (χ1v) is 13.1. The summed E-state index contributed by atoms with van der Waals surface area (Å²) in [6, 6.07) is 13.0. The fourth-order valence-corrected chi connectivity index (χ4v) is 4.58. The minimum atomic E-state index is -0.783. The van der Waals surface area contributed by atoms with Crippen molar-refractivity contribution in [3.63, 3.8) is 0 Å². The van der Waals surface area contributed by atoms with Gasteiger partial charge in [-0.2, -0.15) is 0 Å². The Morgan fingerprint density at radius 3 is 2.54 bits per heavy atom. The number of nitrogens with one attached hydrogen (secondary N) is 2. The van der Waals surface area contributed by atoms with Gasteiger partial charge in [0, 0.05) is 37.6 Å². The van der Waals surface area contributed by atoms with Crippen molar-refractivity contribution in [2.45, 2.75) is 6.92 Å². The number of urea groups is 1. The molecule has 0 fully saturated rings. The van der Waals surface area contributed by atoms with Crippen LogP contribution in [0.5, 0.6) is 11.5 Å². The fourth-order valence-electron chi connectivity index (χ4n) is 3.79. The summed E-state index contributed by atoms with van der Waals surface area (Å²) in [5.74, 6) is -1.72. The molecular formula is C28H22F2N6O4S. The van der Waals surface area contributed by atoms with Crippen molar-refractivity contribution in [1.29, 1.82) is 0 Å². The summed E-state index contributed by atoms with van der Waals surface area (Å²) in [5, 5.41) is 5.15. The summed E-state index contributed by atoms with van der Waals surface area (Å²) in [6.45, 7) is 2.32. The third-order valence-electron chi connectivity index (χ3n) is 6.03. The van der Waals surface area contributed by atoms with E-state index >= 15 is 0 Å². The Kier molecular flexibility index (Phi) is 7.70. The molecule has 5 aromatic rings. The fraction of sp³-hybridized carbons (Fsp3) is 0.107. The van der Waals surface area contributed by atoms with Crippen LogP contribution in [-0.2, 0) is 0 Å². The molecule has 0 aliphatic carbocycles. The van der Waals surface area contributed by atoms with E-state index in [0.717, 1.165) is 6.07 Å². The molecule has 3 aromatic heterocycles. The number of carbonyl (C=O) groups is 2. The van der Waals surface area contributed by atoms with Gasteiger partial charge in [-0.1, -0.05) is 0 Å². The topological polar surface area (TPSA) is 118 Å². The maximum Gasteiger partial charge on any atom is 0.322 e. The molecule has 0 atom stereocenters. The van der Waals surface area contributed by atoms with Gasteiger partial charge in [-0.15, -0.1) is 11.3 Å². The molecule has 5 rings (SSSR count). The monoisotopic (exact) mass is 576 g/mol. The Hall–Kier alpha value is -5.17. The van der Waals surface area contributed by atoms with E-state index in [9.17, 15) is 23.2 Å². The number of anilines is 2. The molecule has 2 aromatic carbocycles. The van der Waals surface area contributed by atoms with Crippen molar-refractivity contribution in [3.05, 3.63) is 99.9 Å². The van der Waals surface area contributed by atoms with E-state index in [-0.39, 0.29) is 34.6 Å². The predicted octanol–water partition coefficient (Wildman–Crippen LogP) is 5.65. The molecule has 0 aliphatic heterocycles. The first-order chi connectivity index (χ1) is 19.7. The van der Waals surface area contributed by atoms with Crippen molar-refractivity contribution in [2.75, 3.05) is 24.2 Å². The zero-order chi connectivity index (χ0) is 29.1. The highest BCUT2D eigenvalue weighted by atomic mass is 32.1. The molecule has 0 bridgehead atoms. The van der Waals surface area contributed by atoms with Crippen molar-refractivity contribution in [3.8, 4) is 17.2 Å². The zero-order valence-electron chi connectivity index (χ0n) is 21.7. The van der Waals surface area contributed by atoms with E-state index in [0.29, 0.717) is 22.6 Å². The van der Waals surface area contributed by atoms with E-state index in [2.05, 4.69) is 20.6 Å². The van der Waals surface area contributed by atoms with Gasteiger partial charge in [-0.3, -0.25) is 19.5 Å². The second kappa shape index (κ2) is 11.5. The second-order valence-electron chi connectivity index (χ2n) is 8.74. The number of amides is 3. The van der Waals surface area contributed by atoms with Crippen molar-refractivity contribution >= 4 is 45.1 Å². The SMILES string of the molecule is CCN(C)C(=O)Nc1cc(Oc2ccc(NC(=O)c3cc4ncsc4n(-c4ccc(F)cc4)c3=O)cc2F)ccn1. The Morgan fingerprint density at radius 1 is 1.02 bits per heavy atom. The van der Waals surface area contributed by atoms with Crippen molar-refractivity contribution in [1.82, 2.24) is 19.4 Å². The number of hydrogen-bond acceptors (Lipinski definition) is 7. The molecule has 208 valence electrons. The largest absolute Gasteiger partial charge is 0.454 e. The molecule has 0 radical (unpaired) electrons. The lowest BCUT2D eigenvalue weighted by Crippen LogP contribution is -2.31. The van der Waals surface area contributed by atoms with E-state index < -0.39 is 23.1 Å². The van der Waals surface area contributed by atoms with Gasteiger partial charge in [0.15, 0.2) is 11.6 Å². The van der Waals surface area contributed by atoms with E-state index in [1.165, 1.54) is 87.1 Å². The van der Waals surface area contributed by atoms with Crippen LogP contribution in [0.2, 0.25) is 0 Å². The molecule has 0 aliphatic rings. The van der Waals surface area contributed by atoms with Crippen LogP contribution in [0.15, 0.2) is 77.2 Å². The van der Waals surface area contributed by atoms with E-state index in [4.69, 9.17) is 4.74 Å². The maximum atomic E-state index is 14.9. The smallest absolute Gasteiger partial charge is 0.322 e. The van der Waals surface area contributed by atoms with Gasteiger partial charge in [0.05, 0.1) is 16.7 Å². The average molecular weight is 577 g/mol. The van der Waals surface area contributed by atoms with Gasteiger partial charge in [0.2, 0.25) is 0 Å². The summed E-state index contributed by atoms with van der Waals surface area (Å²) >= 11 is 1.20. The van der Waals surface area contributed by atoms with Crippen LogP contribution < -0.4 is 20.9 Å². The minimum absolute atomic E-state index is 0.0799. The van der Waals surface area contributed by atoms with Gasteiger partial charge in [0.1, 0.15) is 27.8 Å². The van der Waals surface area contributed by atoms with Crippen LogP contribution in [0, 0.1) is 11.6 Å². The Bertz CT molecular complexity index is 1820. The number of carbonyl (C=O) groups excluding carboxylic acids is 2. The van der Waals surface area contributed by atoms with Crippen LogP contribution in [0.4, 0.5) is 25.1 Å². The van der Waals surface area contributed by atoms with Gasteiger partial charge >= 0.3 is 6.03 Å². The van der Waals surface area contributed by atoms with Crippen LogP contribution in [0.1, 0.15) is 17.3 Å². The lowest BCUT2D eigenvalue weighted by atomic mass is 10.2. The third kappa shape index (κ3) is 5.89. The highest BCUT2D eigenvalue weighted by Gasteiger charge is 2.19. The molecule has 2 N–H and O–H groups in total. The van der Waals surface area contributed by atoms with Gasteiger partial charge in [-0.25, -0.2) is 23.5 Å². The van der Waals surface area contributed by atoms with Gasteiger partial charge in [-0.05, 0) is 55.5 Å². The Balaban J connectivity index is 1.36. The molecule has 0 saturated heterocycles. The molecule has 10 nitrogen and oxygen atoms in total. The van der Waals surface area contributed by atoms with Crippen LogP contribution in [0.25, 0.3) is 16.0 Å². The van der Waals surface area contributed by atoms with E-state index in [1.54, 1.807) is 7.05 Å². The molecular weight excluding hydrogens is 554 g/mol. The maximum absolute atomic E-state index is 14.9. The first-order valence-electron chi connectivity index (χ1n) is 12.3. The minimum Gasteiger partial charge on any atom is -0.454 e. The van der Waals surface area contributed by atoms with Crippen LogP contribution in [-0.4, -0.2) is 45.0 Å². The van der Waals surface area contributed by atoms with Gasteiger partial charge in [0.25, 0.3) is 11.5 Å². The number of rotatable bonds is 7. The lowest BCUT2D eigenvalue weighted by Gasteiger charge is -2.15. The standard InChI is InChI=1S/C28H22F2N6O4S/c1-3-35(2)28(39)34-24-13-19(10-11-31-24)40-23-9-6-17(12-21(23)30)33-25(37)20-14-22-27(41-15-32-22)36(26(20)38)18-7-4-16(29)5-8-18/h4-15H,3H2,1-2H3,(H,33,37)(H,31,34,39).